The topological polar surface area (TPSA) is 328 Å². The lowest BCUT2D eigenvalue weighted by Gasteiger charge is -2.26. The van der Waals surface area contributed by atoms with Crippen molar-refractivity contribution in [1.82, 2.24) is 31.9 Å². The van der Waals surface area contributed by atoms with Crippen LogP contribution >= 0.6 is 33.3 Å². The Hall–Kier alpha value is -5.00. The molecule has 20 nitrogen and oxygen atoms in total. The van der Waals surface area contributed by atoms with Crippen molar-refractivity contribution >= 4 is 97.9 Å². The summed E-state index contributed by atoms with van der Waals surface area (Å²) in [7, 11) is 2.15. The summed E-state index contributed by atoms with van der Waals surface area (Å²) in [5.74, 6) is -11.0. The number of nitrogens with zero attached hydrogens (tertiary/aromatic N) is 1. The van der Waals surface area contributed by atoms with E-state index in [4.69, 9.17) is 11.5 Å². The number of hydrogen-bond donors (Lipinski definition) is 9. The molecule has 2 saturated heterocycles. The number of thioether (sulfide) groups is 1. The predicted molar refractivity (Wildman–Crippen MR) is 267 cm³/mol. The number of aliphatic carboxylic acids is 1. The summed E-state index contributed by atoms with van der Waals surface area (Å²) in [6, 6.07) is 4.21. The number of nitrogens with one attached hydrogen (secondary N) is 6. The molecule has 23 heteroatoms. The molecule has 382 valence electrons. The molecule has 0 radical (unpaired) electrons. The number of amides is 5. The smallest absolute Gasteiger partial charge is 0.304 e. The van der Waals surface area contributed by atoms with Gasteiger partial charge in [-0.25, -0.2) is 0 Å². The van der Waals surface area contributed by atoms with Gasteiger partial charge in [0.2, 0.25) is 29.5 Å². The number of carbonyl (C=O) groups excluding carboxylic acids is 9. The lowest BCUT2D eigenvalue weighted by atomic mass is 9.90. The summed E-state index contributed by atoms with van der Waals surface area (Å²) in [5.41, 5.74) is 11.7. The quantitative estimate of drug-likeness (QED) is 0.0452. The molecule has 1 aromatic rings. The van der Waals surface area contributed by atoms with E-state index in [0.29, 0.717) is 31.4 Å². The van der Waals surface area contributed by atoms with Crippen LogP contribution in [0.5, 0.6) is 0 Å². The van der Waals surface area contributed by atoms with E-state index in [-0.39, 0.29) is 79.8 Å². The third-order valence-corrected chi connectivity index (χ3v) is 14.8. The minimum absolute atomic E-state index is 0.00292. The van der Waals surface area contributed by atoms with Gasteiger partial charge in [0.25, 0.3) is 0 Å². The van der Waals surface area contributed by atoms with Crippen LogP contribution in [0.15, 0.2) is 35.3 Å². The van der Waals surface area contributed by atoms with Gasteiger partial charge in [0.15, 0.2) is 29.1 Å². The molecular weight excluding hydrogens is 951 g/mol. The average molecular weight is 1020 g/mol. The molecule has 2 bridgehead atoms. The largest absolute Gasteiger partial charge is 0.481 e. The summed E-state index contributed by atoms with van der Waals surface area (Å²) in [4.78, 5) is 141. The number of rotatable bonds is 17. The molecule has 2 aliphatic heterocycles. The van der Waals surface area contributed by atoms with Crippen molar-refractivity contribution in [3.05, 3.63) is 35.9 Å². The maximum atomic E-state index is 14.5. The number of carbonyl (C=O) groups is 10. The summed E-state index contributed by atoms with van der Waals surface area (Å²) in [5, 5.41) is 26.6. The van der Waals surface area contributed by atoms with Crippen molar-refractivity contribution in [3.8, 4) is 0 Å². The molecule has 2 fully saturated rings. The Labute approximate surface area is 415 Å². The molecular formula is C46H69N9O11S3. The van der Waals surface area contributed by atoms with Crippen LogP contribution < -0.4 is 43.4 Å². The molecule has 5 amide bonds. The standard InChI is InChI=1S/C46H69N9O11S3/c1-3-11-37(57)34-24-67-27-40(60)52-33(15-8-9-16-49-4-2)45(66)55-36-26-69-68-25-35(39(59)21-30(43(64)53-34)18-28-12-6-5-7-13-28)54-44(65)31(22-41(61)62)19-32(56)23-51-42(63)29(20-38(36)58)14-10-17-50-46(47)48/h5-7,12-13,29-31,33-36,49H,3-4,8-11,14-27H2,1-2H3,(H,51,63)(H,52,60)(H,53,64)(H,54,65)(H,55,66)(H,61,62)(H4,47,48,50)/t29-,30-,31+,33+,34+,35+,36+/m1/s1. The van der Waals surface area contributed by atoms with Gasteiger partial charge < -0.3 is 48.5 Å². The number of nitrogens with two attached hydrogens (primary N) is 2. The van der Waals surface area contributed by atoms with Crippen LogP contribution in [0.2, 0.25) is 0 Å². The van der Waals surface area contributed by atoms with Gasteiger partial charge in [-0.1, -0.05) is 65.8 Å². The van der Waals surface area contributed by atoms with Gasteiger partial charge >= 0.3 is 5.97 Å². The first kappa shape index (κ1) is 58.3. The van der Waals surface area contributed by atoms with E-state index in [9.17, 15) is 53.1 Å². The van der Waals surface area contributed by atoms with E-state index < -0.39 is 121 Å². The molecule has 2 aliphatic rings. The van der Waals surface area contributed by atoms with E-state index in [2.05, 4.69) is 36.9 Å². The maximum Gasteiger partial charge on any atom is 0.304 e. The molecule has 7 atom stereocenters. The van der Waals surface area contributed by atoms with E-state index in [1.54, 1.807) is 30.3 Å². The van der Waals surface area contributed by atoms with Crippen LogP contribution in [0.3, 0.4) is 0 Å². The van der Waals surface area contributed by atoms with Crippen molar-refractivity contribution in [2.75, 3.05) is 49.2 Å². The fourth-order valence-corrected chi connectivity index (χ4v) is 10.9. The number of benzene rings is 1. The lowest BCUT2D eigenvalue weighted by Crippen LogP contribution is -2.53. The SMILES string of the molecule is CCCC(=O)[C@@H]1CSCC(=O)N[C@@H](CCCCNCC)C(=O)N[C@H]2CSSC[C@H](NC(=O)[C@H](CC(=O)O)CC(=O)CNC(=O)[C@H](CCCN=C(N)N)CC2=O)C(=O)C[C@@H](Cc2ccccc2)C(=O)N1. The van der Waals surface area contributed by atoms with Gasteiger partial charge in [-0.15, -0.1) is 11.8 Å². The van der Waals surface area contributed by atoms with Crippen molar-refractivity contribution < 1.29 is 53.1 Å². The van der Waals surface area contributed by atoms with Gasteiger partial charge in [-0.2, -0.15) is 0 Å². The molecule has 0 aromatic heterocycles. The number of Topliss-reactive ketones (excluding diaryl/α,β-unsaturated/α-hetero) is 4. The van der Waals surface area contributed by atoms with Crippen molar-refractivity contribution in [2.45, 2.75) is 115 Å². The highest BCUT2D eigenvalue weighted by atomic mass is 33.1. The molecule has 2 heterocycles. The van der Waals surface area contributed by atoms with Crippen LogP contribution in [0.25, 0.3) is 0 Å². The molecule has 0 unspecified atom stereocenters. The predicted octanol–water partition coefficient (Wildman–Crippen LogP) is 0.830. The molecule has 0 spiro atoms. The lowest BCUT2D eigenvalue weighted by molar-refractivity contribution is -0.142. The maximum absolute atomic E-state index is 14.5. The Morgan fingerprint density at radius 1 is 0.754 bits per heavy atom. The zero-order chi connectivity index (χ0) is 50.7. The van der Waals surface area contributed by atoms with Crippen molar-refractivity contribution in [2.24, 2.45) is 34.2 Å². The summed E-state index contributed by atoms with van der Waals surface area (Å²) >= 11 is 1.08. The van der Waals surface area contributed by atoms with Gasteiger partial charge in [0, 0.05) is 61.3 Å². The normalized spacial score (nSPS) is 24.6. The number of fused-ring (bicyclic) bond motifs is 5. The summed E-state index contributed by atoms with van der Waals surface area (Å²) < 4.78 is 0. The first-order valence-corrected chi connectivity index (χ1v) is 27.1. The van der Waals surface area contributed by atoms with Crippen LogP contribution in [-0.2, 0) is 54.4 Å². The summed E-state index contributed by atoms with van der Waals surface area (Å²) in [6.07, 6.45) is 0.241. The minimum Gasteiger partial charge on any atom is -0.481 e. The fraction of sp³-hybridized carbons (Fsp3) is 0.630. The first-order chi connectivity index (χ1) is 33.0. The Kier molecular flexibility index (Phi) is 27.0. The second-order valence-corrected chi connectivity index (χ2v) is 20.7. The molecule has 69 heavy (non-hydrogen) atoms. The number of aliphatic imine (C=N–C) groups is 1. The van der Waals surface area contributed by atoms with E-state index in [1.165, 1.54) is 0 Å². The second-order valence-electron chi connectivity index (χ2n) is 17.1. The molecule has 1 aromatic carbocycles. The number of carboxylic acids is 1. The number of unbranched alkanes of at least 4 members (excludes halogenated alkanes) is 1. The zero-order valence-corrected chi connectivity index (χ0v) is 41.9. The van der Waals surface area contributed by atoms with Crippen LogP contribution in [0.1, 0.15) is 90.0 Å². The Bertz CT molecular complexity index is 1960. The Balaban J connectivity index is 2.15. The monoisotopic (exact) mass is 1020 g/mol. The second kappa shape index (κ2) is 32.0. The third kappa shape index (κ3) is 22.5. The summed E-state index contributed by atoms with van der Waals surface area (Å²) in [6.45, 7) is 4.69. The van der Waals surface area contributed by atoms with E-state index in [0.717, 1.165) is 39.9 Å². The zero-order valence-electron chi connectivity index (χ0n) is 39.4. The number of ketones is 4. The van der Waals surface area contributed by atoms with Crippen molar-refractivity contribution in [1.29, 1.82) is 0 Å². The van der Waals surface area contributed by atoms with Gasteiger partial charge in [0.1, 0.15) is 6.04 Å². The Morgan fingerprint density at radius 2 is 1.41 bits per heavy atom. The van der Waals surface area contributed by atoms with Crippen molar-refractivity contribution in [3.63, 3.8) is 0 Å². The molecule has 0 aliphatic carbocycles. The van der Waals surface area contributed by atoms with Gasteiger partial charge in [-0.05, 0) is 63.6 Å². The molecule has 3 rings (SSSR count). The van der Waals surface area contributed by atoms with Gasteiger partial charge in [-0.3, -0.25) is 52.9 Å². The Morgan fingerprint density at radius 3 is 2.04 bits per heavy atom. The number of guanidine groups is 1. The molecule has 11 N–H and O–H groups in total. The highest BCUT2D eigenvalue weighted by Crippen LogP contribution is 2.27. The minimum atomic E-state index is -1.45. The molecule has 0 saturated carbocycles. The fourth-order valence-electron chi connectivity index (χ4n) is 7.64. The first-order valence-electron chi connectivity index (χ1n) is 23.4. The number of hydrogen-bond acceptors (Lipinski definition) is 15. The van der Waals surface area contributed by atoms with E-state index >= 15 is 0 Å². The highest BCUT2D eigenvalue weighted by Gasteiger charge is 2.35. The van der Waals surface area contributed by atoms with Crippen LogP contribution in [-0.4, -0.2) is 143 Å². The third-order valence-electron chi connectivity index (χ3n) is 11.4. The average Bonchev–Trinajstić information content (AvgIpc) is 3.30. The van der Waals surface area contributed by atoms with Crippen LogP contribution in [0.4, 0.5) is 0 Å². The highest BCUT2D eigenvalue weighted by molar-refractivity contribution is 8.76. The number of carboxylic acid groups (broad SMARTS) is 1. The van der Waals surface area contributed by atoms with Crippen LogP contribution in [0, 0.1) is 17.8 Å². The van der Waals surface area contributed by atoms with Gasteiger partial charge in [0.05, 0.1) is 42.8 Å². The van der Waals surface area contributed by atoms with E-state index in [1.807, 2.05) is 13.8 Å².